The van der Waals surface area contributed by atoms with Gasteiger partial charge in [-0.25, -0.2) is 8.78 Å². The first-order chi connectivity index (χ1) is 13.7. The normalized spacial score (nSPS) is 19.6. The highest BCUT2D eigenvalue weighted by molar-refractivity contribution is 7.80. The first kappa shape index (κ1) is 23.0. The van der Waals surface area contributed by atoms with E-state index >= 15 is 0 Å². The molecule has 1 heterocycles. The second-order valence-electron chi connectivity index (χ2n) is 7.42. The molecule has 0 bridgehead atoms. The summed E-state index contributed by atoms with van der Waals surface area (Å²) in [6, 6.07) is 2.07. The molecule has 29 heavy (non-hydrogen) atoms. The topological polar surface area (TPSA) is 74.0 Å². The number of hydrogen-bond acceptors (Lipinski definition) is 4. The van der Waals surface area contributed by atoms with Gasteiger partial charge in [0.15, 0.2) is 5.11 Å². The van der Waals surface area contributed by atoms with Crippen LogP contribution < -0.4 is 16.1 Å². The van der Waals surface area contributed by atoms with Crippen molar-refractivity contribution in [3.63, 3.8) is 0 Å². The minimum Gasteiger partial charge on any atom is -0.375 e. The Bertz CT molecular complexity index is 761. The summed E-state index contributed by atoms with van der Waals surface area (Å²) in [5, 5.41) is 3.60. The largest absolute Gasteiger partial charge is 0.375 e. The van der Waals surface area contributed by atoms with Crippen molar-refractivity contribution in [3.8, 4) is 0 Å². The summed E-state index contributed by atoms with van der Waals surface area (Å²) in [6.07, 6.45) is 4.62. The van der Waals surface area contributed by atoms with Crippen molar-refractivity contribution in [2.24, 2.45) is 10.8 Å². The van der Waals surface area contributed by atoms with Crippen LogP contribution in [0.1, 0.15) is 52.0 Å². The third kappa shape index (κ3) is 6.09. The number of benzene rings is 1. The summed E-state index contributed by atoms with van der Waals surface area (Å²) < 4.78 is 29.1. The fourth-order valence-corrected chi connectivity index (χ4v) is 3.78. The van der Waals surface area contributed by atoms with Crippen LogP contribution in [0.3, 0.4) is 0 Å². The molecular formula is C20H29F2N5OS. The Hall–Kier alpha value is -2.29. The molecule has 0 aliphatic carbocycles. The molecule has 1 aliphatic heterocycles. The van der Waals surface area contributed by atoms with Crippen LogP contribution in [0.15, 0.2) is 17.2 Å². The number of anilines is 1. The number of piperazine rings is 1. The van der Waals surface area contributed by atoms with Gasteiger partial charge < -0.3 is 15.5 Å². The molecule has 1 aromatic rings. The predicted octanol–water partition coefficient (Wildman–Crippen LogP) is 3.14. The number of halogens is 2. The lowest BCUT2D eigenvalue weighted by molar-refractivity contribution is -0.136. The maximum Gasteiger partial charge on any atom is 0.223 e. The molecule has 2 atom stereocenters. The molecule has 0 saturated carbocycles. The van der Waals surface area contributed by atoms with Gasteiger partial charge in [0.1, 0.15) is 11.6 Å². The van der Waals surface area contributed by atoms with E-state index in [0.717, 1.165) is 37.6 Å². The lowest BCUT2D eigenvalue weighted by atomic mass is 10.0. The molecule has 9 heteroatoms. The van der Waals surface area contributed by atoms with E-state index in [0.29, 0.717) is 19.5 Å². The second kappa shape index (κ2) is 10.5. The maximum atomic E-state index is 14.7. The standard InChI is InChI=1S/C20H29F2N5OS/c1-4-5-6-7-19(28)27-13(2)11-26(12-14(27)3)18-9-16(21)15(8-17(18)22)10-24-25-20(23)29/h8-10,13-14H,4-7,11-12H2,1-3H3,(H3,23,25,29)/b24-10-. The zero-order valence-corrected chi connectivity index (χ0v) is 17.9. The van der Waals surface area contributed by atoms with Gasteiger partial charge in [0.25, 0.3) is 0 Å². The molecule has 160 valence electrons. The van der Waals surface area contributed by atoms with Crippen LogP contribution in [0.5, 0.6) is 0 Å². The van der Waals surface area contributed by atoms with Gasteiger partial charge >= 0.3 is 0 Å². The summed E-state index contributed by atoms with van der Waals surface area (Å²) in [5.41, 5.74) is 7.71. The van der Waals surface area contributed by atoms with E-state index in [-0.39, 0.29) is 34.4 Å². The summed E-state index contributed by atoms with van der Waals surface area (Å²) in [4.78, 5) is 16.3. The summed E-state index contributed by atoms with van der Waals surface area (Å²) in [7, 11) is 0. The number of nitrogens with two attached hydrogens (primary N) is 1. The van der Waals surface area contributed by atoms with Crippen molar-refractivity contribution in [2.75, 3.05) is 18.0 Å². The second-order valence-corrected chi connectivity index (χ2v) is 7.86. The van der Waals surface area contributed by atoms with Crippen LogP contribution in [0.25, 0.3) is 0 Å². The quantitative estimate of drug-likeness (QED) is 0.304. The van der Waals surface area contributed by atoms with Gasteiger partial charge in [-0.15, -0.1) is 0 Å². The monoisotopic (exact) mass is 425 g/mol. The molecule has 1 amide bonds. The third-order valence-corrected chi connectivity index (χ3v) is 5.08. The molecule has 1 saturated heterocycles. The van der Waals surface area contributed by atoms with Crippen molar-refractivity contribution in [2.45, 2.75) is 58.5 Å². The molecule has 6 nitrogen and oxygen atoms in total. The molecule has 3 N–H and O–H groups in total. The number of nitrogens with one attached hydrogen (secondary N) is 1. The summed E-state index contributed by atoms with van der Waals surface area (Å²) in [6.45, 7) is 6.87. The summed E-state index contributed by atoms with van der Waals surface area (Å²) in [5.74, 6) is -1.03. The molecule has 0 aromatic heterocycles. The fraction of sp³-hybridized carbons (Fsp3) is 0.550. The first-order valence-corrected chi connectivity index (χ1v) is 10.3. The maximum absolute atomic E-state index is 14.7. The minimum absolute atomic E-state index is 0.0131. The van der Waals surface area contributed by atoms with E-state index in [1.165, 1.54) is 0 Å². The number of carbonyl (C=O) groups is 1. The van der Waals surface area contributed by atoms with Crippen LogP contribution >= 0.6 is 12.2 Å². The zero-order valence-electron chi connectivity index (χ0n) is 17.1. The van der Waals surface area contributed by atoms with E-state index in [9.17, 15) is 13.6 Å². The molecule has 2 unspecified atom stereocenters. The fourth-order valence-electron chi connectivity index (χ4n) is 3.72. The van der Waals surface area contributed by atoms with Gasteiger partial charge in [0.2, 0.25) is 5.91 Å². The van der Waals surface area contributed by atoms with E-state index in [4.69, 9.17) is 5.73 Å². The average Bonchev–Trinajstić information content (AvgIpc) is 2.63. The van der Waals surface area contributed by atoms with Gasteiger partial charge in [-0.2, -0.15) is 5.10 Å². The Labute approximate surface area is 176 Å². The highest BCUT2D eigenvalue weighted by Crippen LogP contribution is 2.27. The first-order valence-electron chi connectivity index (χ1n) is 9.88. The Morgan fingerprint density at radius 2 is 1.93 bits per heavy atom. The highest BCUT2D eigenvalue weighted by Gasteiger charge is 2.33. The Morgan fingerprint density at radius 1 is 1.28 bits per heavy atom. The van der Waals surface area contributed by atoms with Gasteiger partial charge in [-0.05, 0) is 38.6 Å². The smallest absolute Gasteiger partial charge is 0.223 e. The lowest BCUT2D eigenvalue weighted by Gasteiger charge is -2.45. The van der Waals surface area contributed by atoms with Gasteiger partial charge in [-0.1, -0.05) is 19.8 Å². The number of thiocarbonyl (C=S) groups is 1. The molecule has 0 spiro atoms. The minimum atomic E-state index is -0.603. The van der Waals surface area contributed by atoms with Crippen LogP contribution in [-0.4, -0.2) is 47.3 Å². The van der Waals surface area contributed by atoms with Gasteiger partial charge in [0.05, 0.1) is 11.9 Å². The van der Waals surface area contributed by atoms with Crippen LogP contribution in [0.2, 0.25) is 0 Å². The van der Waals surface area contributed by atoms with Crippen molar-refractivity contribution >= 4 is 35.1 Å². The lowest BCUT2D eigenvalue weighted by Crippen LogP contribution is -2.59. The van der Waals surface area contributed by atoms with Crippen molar-refractivity contribution in [1.82, 2.24) is 10.3 Å². The molecule has 1 aliphatic rings. The number of amides is 1. The number of rotatable bonds is 7. The molecule has 1 fully saturated rings. The van der Waals surface area contributed by atoms with Crippen LogP contribution in [0.4, 0.5) is 14.5 Å². The van der Waals surface area contributed by atoms with Crippen LogP contribution in [0, 0.1) is 11.6 Å². The molecule has 2 rings (SSSR count). The third-order valence-electron chi connectivity index (χ3n) is 4.99. The average molecular weight is 426 g/mol. The molecule has 1 aromatic carbocycles. The van der Waals surface area contributed by atoms with E-state index in [2.05, 4.69) is 29.7 Å². The van der Waals surface area contributed by atoms with Crippen molar-refractivity contribution in [1.29, 1.82) is 0 Å². The number of hydrazone groups is 1. The number of unbranched alkanes of at least 4 members (excludes halogenated alkanes) is 2. The van der Waals surface area contributed by atoms with Gasteiger partial charge in [0, 0.05) is 43.2 Å². The zero-order chi connectivity index (χ0) is 21.6. The van der Waals surface area contributed by atoms with Gasteiger partial charge in [-0.3, -0.25) is 10.2 Å². The Kier molecular flexibility index (Phi) is 8.31. The van der Waals surface area contributed by atoms with Crippen LogP contribution in [-0.2, 0) is 4.79 Å². The number of hydrogen-bond donors (Lipinski definition) is 2. The SMILES string of the molecule is CCCCCC(=O)N1C(C)CN(c2cc(F)c(/C=N\NC(N)=S)cc2F)CC1C. The Morgan fingerprint density at radius 3 is 2.52 bits per heavy atom. The van der Waals surface area contributed by atoms with E-state index in [1.807, 2.05) is 18.7 Å². The van der Waals surface area contributed by atoms with Crippen molar-refractivity contribution in [3.05, 3.63) is 29.3 Å². The van der Waals surface area contributed by atoms with E-state index in [1.54, 1.807) is 4.90 Å². The van der Waals surface area contributed by atoms with E-state index < -0.39 is 11.6 Å². The number of carbonyl (C=O) groups excluding carboxylic acids is 1. The molecule has 0 radical (unpaired) electrons. The summed E-state index contributed by atoms with van der Waals surface area (Å²) >= 11 is 4.61. The molecular weight excluding hydrogens is 396 g/mol. The predicted molar refractivity (Wildman–Crippen MR) is 116 cm³/mol. The van der Waals surface area contributed by atoms with Crippen molar-refractivity contribution < 1.29 is 13.6 Å². The highest BCUT2D eigenvalue weighted by atomic mass is 32.1. The Balaban J connectivity index is 2.12. The number of nitrogens with zero attached hydrogens (tertiary/aromatic N) is 3.